The van der Waals surface area contributed by atoms with Crippen molar-refractivity contribution >= 4 is 11.8 Å². The second-order valence-electron chi connectivity index (χ2n) is 3.25. The molecule has 0 saturated heterocycles. The van der Waals surface area contributed by atoms with Gasteiger partial charge in [0, 0.05) is 30.2 Å². The molecule has 0 unspecified atom stereocenters. The molecule has 0 radical (unpaired) electrons. The molecule has 1 rings (SSSR count). The number of halogens is 2. The lowest BCUT2D eigenvalue weighted by atomic mass is 10.2. The standard InChI is InChI=1S/C12H15F2NS/c1-2-7-16-8-6-15-9-10-4-3-5-11(13)12(10)14/h2-5,15H,1,6-9H2. The molecule has 0 amide bonds. The minimum atomic E-state index is -0.791. The largest absolute Gasteiger partial charge is 0.312 e. The molecule has 88 valence electrons. The van der Waals surface area contributed by atoms with Gasteiger partial charge in [-0.3, -0.25) is 0 Å². The summed E-state index contributed by atoms with van der Waals surface area (Å²) < 4.78 is 26.0. The van der Waals surface area contributed by atoms with Crippen molar-refractivity contribution in [2.45, 2.75) is 6.54 Å². The Bertz CT molecular complexity index is 342. The maximum atomic E-state index is 13.2. The van der Waals surface area contributed by atoms with E-state index in [0.717, 1.165) is 24.1 Å². The molecule has 0 bridgehead atoms. The topological polar surface area (TPSA) is 12.0 Å². The van der Waals surface area contributed by atoms with E-state index >= 15 is 0 Å². The summed E-state index contributed by atoms with van der Waals surface area (Å²) in [6.45, 7) is 4.75. The first-order valence-electron chi connectivity index (χ1n) is 5.08. The maximum absolute atomic E-state index is 13.2. The molecule has 0 aliphatic rings. The monoisotopic (exact) mass is 243 g/mol. The van der Waals surface area contributed by atoms with Crippen LogP contribution in [0.2, 0.25) is 0 Å². The first-order valence-corrected chi connectivity index (χ1v) is 6.23. The Kier molecular flexibility index (Phi) is 6.11. The van der Waals surface area contributed by atoms with E-state index in [2.05, 4.69) is 11.9 Å². The molecular formula is C12H15F2NS. The first-order chi connectivity index (χ1) is 7.75. The minimum absolute atomic E-state index is 0.359. The molecule has 0 aliphatic carbocycles. The summed E-state index contributed by atoms with van der Waals surface area (Å²) in [6, 6.07) is 4.23. The predicted molar refractivity (Wildman–Crippen MR) is 65.6 cm³/mol. The number of thioether (sulfide) groups is 1. The summed E-state index contributed by atoms with van der Waals surface area (Å²) >= 11 is 1.75. The van der Waals surface area contributed by atoms with Crippen molar-refractivity contribution < 1.29 is 8.78 Å². The van der Waals surface area contributed by atoms with E-state index in [1.165, 1.54) is 6.07 Å². The van der Waals surface area contributed by atoms with Crippen molar-refractivity contribution in [3.8, 4) is 0 Å². The molecular weight excluding hydrogens is 228 g/mol. The first kappa shape index (κ1) is 13.2. The normalized spacial score (nSPS) is 10.4. The average molecular weight is 243 g/mol. The molecule has 1 N–H and O–H groups in total. The summed E-state index contributed by atoms with van der Waals surface area (Å²) in [6.07, 6.45) is 1.84. The molecule has 4 heteroatoms. The lowest BCUT2D eigenvalue weighted by Gasteiger charge is -2.05. The fourth-order valence-corrected chi connectivity index (χ4v) is 1.84. The minimum Gasteiger partial charge on any atom is -0.312 e. The van der Waals surface area contributed by atoms with Crippen LogP contribution in [0.3, 0.4) is 0 Å². The third-order valence-corrected chi connectivity index (χ3v) is 2.97. The van der Waals surface area contributed by atoms with Crippen LogP contribution in [-0.4, -0.2) is 18.1 Å². The highest BCUT2D eigenvalue weighted by atomic mass is 32.2. The van der Waals surface area contributed by atoms with Crippen LogP contribution in [0.4, 0.5) is 8.78 Å². The van der Waals surface area contributed by atoms with E-state index in [0.29, 0.717) is 12.1 Å². The molecule has 0 spiro atoms. The van der Waals surface area contributed by atoms with Crippen molar-refractivity contribution in [2.24, 2.45) is 0 Å². The van der Waals surface area contributed by atoms with E-state index in [-0.39, 0.29) is 0 Å². The molecule has 0 heterocycles. The van der Waals surface area contributed by atoms with E-state index in [1.54, 1.807) is 17.8 Å². The summed E-state index contributed by atoms with van der Waals surface area (Å²) in [4.78, 5) is 0. The molecule has 0 fully saturated rings. The van der Waals surface area contributed by atoms with E-state index in [1.807, 2.05) is 6.08 Å². The van der Waals surface area contributed by atoms with Gasteiger partial charge in [0.05, 0.1) is 0 Å². The molecule has 0 aliphatic heterocycles. The average Bonchev–Trinajstić information content (AvgIpc) is 2.29. The van der Waals surface area contributed by atoms with Gasteiger partial charge in [-0.05, 0) is 6.07 Å². The van der Waals surface area contributed by atoms with E-state index < -0.39 is 11.6 Å². The maximum Gasteiger partial charge on any atom is 0.163 e. The van der Waals surface area contributed by atoms with Crippen molar-refractivity contribution in [3.63, 3.8) is 0 Å². The van der Waals surface area contributed by atoms with Crippen LogP contribution in [0.1, 0.15) is 5.56 Å². The van der Waals surface area contributed by atoms with Crippen LogP contribution in [0.5, 0.6) is 0 Å². The Hall–Kier alpha value is -0.870. The molecule has 1 aromatic carbocycles. The summed E-state index contributed by atoms with van der Waals surface area (Å²) in [5.74, 6) is 0.299. The van der Waals surface area contributed by atoms with Crippen LogP contribution >= 0.6 is 11.8 Å². The van der Waals surface area contributed by atoms with Gasteiger partial charge in [-0.1, -0.05) is 18.2 Å². The molecule has 0 atom stereocenters. The van der Waals surface area contributed by atoms with Gasteiger partial charge >= 0.3 is 0 Å². The Labute approximate surface area is 98.9 Å². The van der Waals surface area contributed by atoms with Crippen molar-refractivity contribution in [1.82, 2.24) is 5.32 Å². The summed E-state index contributed by atoms with van der Waals surface area (Å²) in [5, 5.41) is 3.07. The highest BCUT2D eigenvalue weighted by molar-refractivity contribution is 7.99. The Balaban J connectivity index is 2.26. The van der Waals surface area contributed by atoms with Gasteiger partial charge in [0.1, 0.15) is 0 Å². The van der Waals surface area contributed by atoms with Gasteiger partial charge in [0.2, 0.25) is 0 Å². The number of rotatable bonds is 7. The van der Waals surface area contributed by atoms with E-state index in [9.17, 15) is 8.78 Å². The van der Waals surface area contributed by atoms with Gasteiger partial charge < -0.3 is 5.32 Å². The highest BCUT2D eigenvalue weighted by Gasteiger charge is 2.06. The fraction of sp³-hybridized carbons (Fsp3) is 0.333. The third kappa shape index (κ3) is 4.33. The number of hydrogen-bond donors (Lipinski definition) is 1. The molecule has 16 heavy (non-hydrogen) atoms. The summed E-state index contributed by atoms with van der Waals surface area (Å²) in [5.41, 5.74) is 0.369. The van der Waals surface area contributed by atoms with Crippen molar-refractivity contribution in [2.75, 3.05) is 18.1 Å². The van der Waals surface area contributed by atoms with Crippen LogP contribution in [0, 0.1) is 11.6 Å². The Morgan fingerprint density at radius 1 is 1.38 bits per heavy atom. The van der Waals surface area contributed by atoms with Crippen LogP contribution in [-0.2, 0) is 6.54 Å². The van der Waals surface area contributed by atoms with Crippen LogP contribution < -0.4 is 5.32 Å². The molecule has 1 aromatic rings. The van der Waals surface area contributed by atoms with Gasteiger partial charge in [-0.15, -0.1) is 6.58 Å². The van der Waals surface area contributed by atoms with Gasteiger partial charge in [-0.25, -0.2) is 8.78 Å². The zero-order valence-electron chi connectivity index (χ0n) is 9.01. The highest BCUT2D eigenvalue weighted by Crippen LogP contribution is 2.10. The molecule has 1 nitrogen and oxygen atoms in total. The number of nitrogens with one attached hydrogen (secondary N) is 1. The zero-order valence-corrected chi connectivity index (χ0v) is 9.83. The third-order valence-electron chi connectivity index (χ3n) is 2.01. The Morgan fingerprint density at radius 2 is 2.19 bits per heavy atom. The number of benzene rings is 1. The SMILES string of the molecule is C=CCSCCNCc1cccc(F)c1F. The lowest BCUT2D eigenvalue weighted by molar-refractivity contribution is 0.494. The van der Waals surface area contributed by atoms with Gasteiger partial charge in [0.25, 0.3) is 0 Å². The fourth-order valence-electron chi connectivity index (χ4n) is 1.22. The smallest absolute Gasteiger partial charge is 0.163 e. The van der Waals surface area contributed by atoms with Gasteiger partial charge in [-0.2, -0.15) is 11.8 Å². The summed E-state index contributed by atoms with van der Waals surface area (Å²) in [7, 11) is 0. The number of hydrogen-bond acceptors (Lipinski definition) is 2. The van der Waals surface area contributed by atoms with Crippen molar-refractivity contribution in [1.29, 1.82) is 0 Å². The van der Waals surface area contributed by atoms with E-state index in [4.69, 9.17) is 0 Å². The molecule has 0 aromatic heterocycles. The van der Waals surface area contributed by atoms with Crippen molar-refractivity contribution in [3.05, 3.63) is 48.1 Å². The molecule has 0 saturated carbocycles. The van der Waals surface area contributed by atoms with Crippen LogP contribution in [0.15, 0.2) is 30.9 Å². The quantitative estimate of drug-likeness (QED) is 0.583. The lowest BCUT2D eigenvalue weighted by Crippen LogP contribution is -2.17. The van der Waals surface area contributed by atoms with Crippen LogP contribution in [0.25, 0.3) is 0 Å². The zero-order chi connectivity index (χ0) is 11.8. The van der Waals surface area contributed by atoms with Gasteiger partial charge in [0.15, 0.2) is 11.6 Å². The second-order valence-corrected chi connectivity index (χ2v) is 4.40. The second kappa shape index (κ2) is 7.41. The predicted octanol–water partition coefficient (Wildman–Crippen LogP) is 2.97. The Morgan fingerprint density at radius 3 is 2.94 bits per heavy atom.